The molecule has 2 heterocycles. The van der Waals surface area contributed by atoms with E-state index >= 15 is 0 Å². The molecule has 1 aliphatic rings. The van der Waals surface area contributed by atoms with Crippen LogP contribution in [0.25, 0.3) is 9.88 Å². The van der Waals surface area contributed by atoms with Gasteiger partial charge >= 0.3 is 0 Å². The number of thiazole rings is 1. The number of rotatable bonds is 5. The van der Waals surface area contributed by atoms with E-state index in [1.54, 1.807) is 22.7 Å². The van der Waals surface area contributed by atoms with Gasteiger partial charge in [0.05, 0.1) is 23.1 Å². The molecule has 0 radical (unpaired) electrons. The van der Waals surface area contributed by atoms with E-state index in [1.807, 2.05) is 22.9 Å². The number of aliphatic hydroxyl groups excluding tert-OH is 1. The first-order chi connectivity index (χ1) is 10.2. The number of aromatic nitrogens is 1. The maximum absolute atomic E-state index is 11.9. The average Bonchev–Trinajstić information content (AvgIpc) is 3.16. The second-order valence-corrected chi connectivity index (χ2v) is 7.24. The fourth-order valence-corrected chi connectivity index (χ4v) is 4.25. The number of aliphatic hydroxyl groups is 1. The second kappa shape index (κ2) is 6.68. The summed E-state index contributed by atoms with van der Waals surface area (Å²) in [6, 6.07) is 4.04. The molecule has 0 saturated heterocycles. The molecule has 2 unspecified atom stereocenters. The van der Waals surface area contributed by atoms with Crippen LogP contribution in [0, 0.1) is 5.92 Å². The molecule has 0 bridgehead atoms. The zero-order valence-corrected chi connectivity index (χ0v) is 13.3. The first-order valence-corrected chi connectivity index (χ1v) is 8.89. The Morgan fingerprint density at radius 2 is 2.33 bits per heavy atom. The highest BCUT2D eigenvalue weighted by atomic mass is 32.1. The van der Waals surface area contributed by atoms with Gasteiger partial charge in [0.1, 0.15) is 5.01 Å². The number of nitrogens with one attached hydrogen (secondary N) is 1. The fraction of sp³-hybridized carbons (Fsp3) is 0.467. The zero-order chi connectivity index (χ0) is 14.7. The van der Waals surface area contributed by atoms with E-state index in [-0.39, 0.29) is 12.0 Å². The van der Waals surface area contributed by atoms with Crippen LogP contribution in [0.2, 0.25) is 0 Å². The predicted molar refractivity (Wildman–Crippen MR) is 85.5 cm³/mol. The number of hydrogen-bond donors (Lipinski definition) is 2. The van der Waals surface area contributed by atoms with Crippen molar-refractivity contribution in [1.82, 2.24) is 10.3 Å². The summed E-state index contributed by atoms with van der Waals surface area (Å²) in [5.41, 5.74) is 0.826. The molecular weight excluding hydrogens is 304 g/mol. The lowest BCUT2D eigenvalue weighted by Gasteiger charge is -2.10. The van der Waals surface area contributed by atoms with Crippen LogP contribution in [-0.2, 0) is 11.2 Å². The zero-order valence-electron chi connectivity index (χ0n) is 11.6. The van der Waals surface area contributed by atoms with Crippen LogP contribution in [0.4, 0.5) is 0 Å². The van der Waals surface area contributed by atoms with Crippen molar-refractivity contribution in [2.75, 3.05) is 6.54 Å². The lowest BCUT2D eigenvalue weighted by molar-refractivity contribution is -0.120. The summed E-state index contributed by atoms with van der Waals surface area (Å²) >= 11 is 3.24. The largest absolute Gasteiger partial charge is 0.393 e. The van der Waals surface area contributed by atoms with E-state index in [1.165, 1.54) is 0 Å². The van der Waals surface area contributed by atoms with Gasteiger partial charge in [-0.05, 0) is 36.6 Å². The van der Waals surface area contributed by atoms with E-state index in [4.69, 9.17) is 0 Å². The summed E-state index contributed by atoms with van der Waals surface area (Å²) in [5, 5.41) is 17.4. The number of hydrogen-bond acceptors (Lipinski definition) is 5. The van der Waals surface area contributed by atoms with Crippen LogP contribution in [0.15, 0.2) is 22.9 Å². The van der Waals surface area contributed by atoms with Crippen LogP contribution < -0.4 is 5.32 Å². The fourth-order valence-electron chi connectivity index (χ4n) is 2.62. The van der Waals surface area contributed by atoms with Gasteiger partial charge < -0.3 is 10.4 Å². The molecule has 2 aromatic rings. The summed E-state index contributed by atoms with van der Waals surface area (Å²) in [4.78, 5) is 17.6. The van der Waals surface area contributed by atoms with Crippen LogP contribution in [-0.4, -0.2) is 28.6 Å². The van der Waals surface area contributed by atoms with Gasteiger partial charge in [0.25, 0.3) is 0 Å². The molecule has 3 rings (SSSR count). The number of thiophene rings is 1. The minimum absolute atomic E-state index is 0.0134. The average molecular weight is 322 g/mol. The lowest BCUT2D eigenvalue weighted by atomic mass is 10.1. The molecule has 1 aliphatic carbocycles. The van der Waals surface area contributed by atoms with Crippen molar-refractivity contribution in [2.45, 2.75) is 31.8 Å². The van der Waals surface area contributed by atoms with Gasteiger partial charge in [-0.3, -0.25) is 4.79 Å². The maximum atomic E-state index is 11.9. The van der Waals surface area contributed by atoms with E-state index in [0.717, 1.165) is 34.8 Å². The highest BCUT2D eigenvalue weighted by Gasteiger charge is 2.23. The molecule has 2 aromatic heterocycles. The van der Waals surface area contributed by atoms with Crippen molar-refractivity contribution in [3.8, 4) is 9.88 Å². The minimum Gasteiger partial charge on any atom is -0.393 e. The molecule has 1 fully saturated rings. The van der Waals surface area contributed by atoms with Crippen molar-refractivity contribution in [2.24, 2.45) is 5.92 Å². The molecule has 0 aliphatic heterocycles. The molecule has 0 spiro atoms. The SMILES string of the molecule is O=C(Cc1csc(-c2cccs2)n1)NCC1CCC(O)C1. The Morgan fingerprint density at radius 3 is 3.05 bits per heavy atom. The Hall–Kier alpha value is -1.24. The molecule has 6 heteroatoms. The standard InChI is InChI=1S/C15H18N2O2S2/c18-12-4-3-10(6-12)8-16-14(19)7-11-9-21-15(17-11)13-2-1-5-20-13/h1-2,5,9-10,12,18H,3-4,6-8H2,(H,16,19). The van der Waals surface area contributed by atoms with Gasteiger partial charge in [0, 0.05) is 11.9 Å². The van der Waals surface area contributed by atoms with E-state index in [0.29, 0.717) is 18.9 Å². The lowest BCUT2D eigenvalue weighted by Crippen LogP contribution is -2.30. The summed E-state index contributed by atoms with van der Waals surface area (Å²) < 4.78 is 0. The second-order valence-electron chi connectivity index (χ2n) is 5.44. The minimum atomic E-state index is -0.182. The molecule has 21 heavy (non-hydrogen) atoms. The van der Waals surface area contributed by atoms with Crippen molar-refractivity contribution in [3.63, 3.8) is 0 Å². The van der Waals surface area contributed by atoms with E-state index in [9.17, 15) is 9.90 Å². The summed E-state index contributed by atoms with van der Waals surface area (Å²) in [5.74, 6) is 0.431. The molecule has 0 aromatic carbocycles. The number of carbonyl (C=O) groups excluding carboxylic acids is 1. The molecule has 2 N–H and O–H groups in total. The van der Waals surface area contributed by atoms with Gasteiger partial charge in [-0.1, -0.05) is 6.07 Å². The van der Waals surface area contributed by atoms with Gasteiger partial charge in [-0.25, -0.2) is 4.98 Å². The van der Waals surface area contributed by atoms with Crippen molar-refractivity contribution in [1.29, 1.82) is 0 Å². The Morgan fingerprint density at radius 1 is 1.43 bits per heavy atom. The third-order valence-corrected chi connectivity index (χ3v) is 5.66. The Bertz CT molecular complexity index is 595. The predicted octanol–water partition coefficient (Wildman–Crippen LogP) is 2.69. The smallest absolute Gasteiger partial charge is 0.226 e. The Balaban J connectivity index is 1.49. The van der Waals surface area contributed by atoms with Gasteiger partial charge in [-0.2, -0.15) is 0 Å². The Labute approximate surface area is 131 Å². The maximum Gasteiger partial charge on any atom is 0.226 e. The van der Waals surface area contributed by atoms with Crippen LogP contribution in [0.5, 0.6) is 0 Å². The first kappa shape index (κ1) is 14.7. The molecule has 4 nitrogen and oxygen atoms in total. The van der Waals surface area contributed by atoms with E-state index in [2.05, 4.69) is 10.3 Å². The quantitative estimate of drug-likeness (QED) is 0.889. The summed E-state index contributed by atoms with van der Waals surface area (Å²) in [6.45, 7) is 0.664. The highest BCUT2D eigenvalue weighted by Crippen LogP contribution is 2.28. The van der Waals surface area contributed by atoms with Crippen molar-refractivity contribution >= 4 is 28.6 Å². The topological polar surface area (TPSA) is 62.2 Å². The van der Waals surface area contributed by atoms with Crippen molar-refractivity contribution in [3.05, 3.63) is 28.6 Å². The molecule has 2 atom stereocenters. The van der Waals surface area contributed by atoms with E-state index < -0.39 is 0 Å². The molecule has 112 valence electrons. The third kappa shape index (κ3) is 3.90. The van der Waals surface area contributed by atoms with Crippen LogP contribution in [0.3, 0.4) is 0 Å². The van der Waals surface area contributed by atoms with Crippen LogP contribution >= 0.6 is 22.7 Å². The number of carbonyl (C=O) groups is 1. The molecule has 1 saturated carbocycles. The van der Waals surface area contributed by atoms with Gasteiger partial charge in [0.2, 0.25) is 5.91 Å². The number of amides is 1. The molecular formula is C15H18N2O2S2. The normalized spacial score (nSPS) is 21.6. The van der Waals surface area contributed by atoms with Crippen LogP contribution in [0.1, 0.15) is 25.0 Å². The number of nitrogens with zero attached hydrogens (tertiary/aromatic N) is 1. The third-order valence-electron chi connectivity index (χ3n) is 3.73. The summed E-state index contributed by atoms with van der Waals surface area (Å²) in [6.07, 6.45) is 2.81. The van der Waals surface area contributed by atoms with Crippen molar-refractivity contribution < 1.29 is 9.90 Å². The Kier molecular flexibility index (Phi) is 4.67. The van der Waals surface area contributed by atoms with Gasteiger partial charge in [0.15, 0.2) is 0 Å². The summed E-state index contributed by atoms with van der Waals surface area (Å²) in [7, 11) is 0. The monoisotopic (exact) mass is 322 g/mol. The molecule has 1 amide bonds. The highest BCUT2D eigenvalue weighted by molar-refractivity contribution is 7.20. The van der Waals surface area contributed by atoms with Gasteiger partial charge in [-0.15, -0.1) is 22.7 Å². The first-order valence-electron chi connectivity index (χ1n) is 7.14.